The summed E-state index contributed by atoms with van der Waals surface area (Å²) in [4.78, 5) is 20.1. The highest BCUT2D eigenvalue weighted by Crippen LogP contribution is 2.45. The van der Waals surface area contributed by atoms with E-state index in [9.17, 15) is 4.79 Å². The van der Waals surface area contributed by atoms with Crippen molar-refractivity contribution in [1.29, 1.82) is 0 Å². The van der Waals surface area contributed by atoms with Crippen LogP contribution in [0.4, 0.5) is 0 Å². The first-order valence-corrected chi connectivity index (χ1v) is 12.6. The van der Waals surface area contributed by atoms with Crippen molar-refractivity contribution in [3.63, 3.8) is 0 Å². The molecule has 0 aromatic carbocycles. The van der Waals surface area contributed by atoms with E-state index in [2.05, 4.69) is 16.7 Å². The summed E-state index contributed by atoms with van der Waals surface area (Å²) in [5.74, 6) is 0.974. The number of hydrogen-bond acceptors (Lipinski definition) is 6. The first kappa shape index (κ1) is 23.4. The van der Waals surface area contributed by atoms with Crippen LogP contribution in [-0.2, 0) is 19.0 Å². The van der Waals surface area contributed by atoms with E-state index < -0.39 is 0 Å². The Hall–Kier alpha value is -0.730. The first-order chi connectivity index (χ1) is 15.1. The van der Waals surface area contributed by atoms with Crippen LogP contribution in [-0.4, -0.2) is 105 Å². The van der Waals surface area contributed by atoms with Gasteiger partial charge in [-0.1, -0.05) is 6.92 Å². The van der Waals surface area contributed by atoms with Gasteiger partial charge in [-0.25, -0.2) is 0 Å². The molecular formula is C24H43N3O4. The van der Waals surface area contributed by atoms with E-state index in [1.54, 1.807) is 0 Å². The van der Waals surface area contributed by atoms with Gasteiger partial charge in [0.1, 0.15) is 0 Å². The number of carbonyl (C=O) groups is 1. The molecule has 1 spiro atoms. The van der Waals surface area contributed by atoms with Crippen LogP contribution in [0.1, 0.15) is 51.9 Å². The molecule has 1 amide bonds. The lowest BCUT2D eigenvalue weighted by molar-refractivity contribution is -0.203. The SMILES string of the molecule is CCCN1C[C@@H](CC(=O)N(C)CCN2CCCOCC2)C[C@@H]2CC3(CC[C@H]21)OCCO3. The summed E-state index contributed by atoms with van der Waals surface area (Å²) in [5.41, 5.74) is 0. The summed E-state index contributed by atoms with van der Waals surface area (Å²) >= 11 is 0. The van der Waals surface area contributed by atoms with Gasteiger partial charge in [-0.2, -0.15) is 0 Å². The minimum Gasteiger partial charge on any atom is -0.380 e. The van der Waals surface area contributed by atoms with Crippen LogP contribution in [0.5, 0.6) is 0 Å². The minimum absolute atomic E-state index is 0.296. The molecule has 1 aliphatic carbocycles. The van der Waals surface area contributed by atoms with Gasteiger partial charge in [0.25, 0.3) is 0 Å². The number of likely N-dealkylation sites (N-methyl/N-ethyl adjacent to an activating group) is 1. The van der Waals surface area contributed by atoms with Crippen LogP contribution >= 0.6 is 0 Å². The lowest BCUT2D eigenvalue weighted by atomic mass is 9.72. The molecular weight excluding hydrogens is 394 g/mol. The maximum absolute atomic E-state index is 13.0. The molecule has 0 bridgehead atoms. The largest absolute Gasteiger partial charge is 0.380 e. The molecule has 31 heavy (non-hydrogen) atoms. The van der Waals surface area contributed by atoms with Crippen LogP contribution in [0, 0.1) is 11.8 Å². The van der Waals surface area contributed by atoms with E-state index in [1.807, 2.05) is 11.9 Å². The Bertz CT molecular complexity index is 575. The second kappa shape index (κ2) is 10.9. The van der Waals surface area contributed by atoms with Crippen molar-refractivity contribution in [1.82, 2.24) is 14.7 Å². The average Bonchev–Trinajstić information content (AvgIpc) is 3.04. The molecule has 3 saturated heterocycles. The number of rotatable bonds is 7. The number of hydrogen-bond donors (Lipinski definition) is 0. The number of carbonyl (C=O) groups excluding carboxylic acids is 1. The van der Waals surface area contributed by atoms with Crippen molar-refractivity contribution >= 4 is 5.91 Å². The molecule has 4 aliphatic rings. The monoisotopic (exact) mass is 437 g/mol. The third-order valence-corrected chi connectivity index (χ3v) is 7.82. The van der Waals surface area contributed by atoms with Gasteiger partial charge in [0, 0.05) is 71.7 Å². The van der Waals surface area contributed by atoms with Gasteiger partial charge in [-0.05, 0) is 44.1 Å². The predicted molar refractivity (Wildman–Crippen MR) is 120 cm³/mol. The van der Waals surface area contributed by atoms with Crippen LogP contribution in [0.25, 0.3) is 0 Å². The fraction of sp³-hybridized carbons (Fsp3) is 0.958. The molecule has 0 aromatic rings. The lowest BCUT2D eigenvalue weighted by Gasteiger charge is -2.51. The molecule has 0 unspecified atom stereocenters. The van der Waals surface area contributed by atoms with E-state index in [0.717, 1.165) is 97.8 Å². The van der Waals surface area contributed by atoms with Gasteiger partial charge in [0.15, 0.2) is 5.79 Å². The summed E-state index contributed by atoms with van der Waals surface area (Å²) in [6.45, 7) is 11.4. The molecule has 0 radical (unpaired) electrons. The van der Waals surface area contributed by atoms with Gasteiger partial charge in [0.05, 0.1) is 19.8 Å². The van der Waals surface area contributed by atoms with E-state index in [4.69, 9.17) is 14.2 Å². The highest BCUT2D eigenvalue weighted by Gasteiger charge is 2.48. The van der Waals surface area contributed by atoms with E-state index in [0.29, 0.717) is 30.2 Å². The van der Waals surface area contributed by atoms with E-state index >= 15 is 0 Å². The molecule has 178 valence electrons. The predicted octanol–water partition coefficient (Wildman–Crippen LogP) is 2.20. The summed E-state index contributed by atoms with van der Waals surface area (Å²) in [7, 11) is 1.97. The molecule has 7 nitrogen and oxygen atoms in total. The smallest absolute Gasteiger partial charge is 0.222 e. The van der Waals surface area contributed by atoms with Gasteiger partial charge < -0.3 is 19.1 Å². The molecule has 3 heterocycles. The Labute approximate surface area is 188 Å². The topological polar surface area (TPSA) is 54.5 Å². The number of nitrogens with zero attached hydrogens (tertiary/aromatic N) is 3. The highest BCUT2D eigenvalue weighted by atomic mass is 16.7. The number of fused-ring (bicyclic) bond motifs is 1. The van der Waals surface area contributed by atoms with Crippen molar-refractivity contribution < 1.29 is 19.0 Å². The van der Waals surface area contributed by atoms with Gasteiger partial charge in [-0.15, -0.1) is 0 Å². The van der Waals surface area contributed by atoms with Crippen LogP contribution in [0.2, 0.25) is 0 Å². The standard InChI is InChI=1S/C24H43N3O4/c1-3-7-27-19-20(16-21-18-24(6-5-22(21)27)30-14-15-31-24)17-23(28)25(2)9-10-26-8-4-12-29-13-11-26/h20-22H,3-19H2,1-2H3/t20-,21-,22-/m1/s1. The molecule has 7 heteroatoms. The number of amides is 1. The Kier molecular flexibility index (Phi) is 8.26. The van der Waals surface area contributed by atoms with Crippen molar-refractivity contribution in [2.45, 2.75) is 63.7 Å². The van der Waals surface area contributed by atoms with Crippen LogP contribution in [0.15, 0.2) is 0 Å². The van der Waals surface area contributed by atoms with Gasteiger partial charge in [-0.3, -0.25) is 14.6 Å². The maximum Gasteiger partial charge on any atom is 0.222 e. The molecule has 4 rings (SSSR count). The van der Waals surface area contributed by atoms with Crippen molar-refractivity contribution in [2.24, 2.45) is 11.8 Å². The Morgan fingerprint density at radius 3 is 2.77 bits per heavy atom. The van der Waals surface area contributed by atoms with Gasteiger partial charge >= 0.3 is 0 Å². The zero-order valence-electron chi connectivity index (χ0n) is 19.7. The van der Waals surface area contributed by atoms with Crippen molar-refractivity contribution in [3.8, 4) is 0 Å². The fourth-order valence-corrected chi connectivity index (χ4v) is 6.22. The lowest BCUT2D eigenvalue weighted by Crippen LogP contribution is -2.55. The van der Waals surface area contributed by atoms with Crippen molar-refractivity contribution in [3.05, 3.63) is 0 Å². The third-order valence-electron chi connectivity index (χ3n) is 7.82. The Balaban J connectivity index is 1.30. The second-order valence-electron chi connectivity index (χ2n) is 10.1. The quantitative estimate of drug-likeness (QED) is 0.609. The average molecular weight is 438 g/mol. The number of likely N-dealkylation sites (tertiary alicyclic amines) is 1. The summed E-state index contributed by atoms with van der Waals surface area (Å²) in [6, 6.07) is 0.632. The van der Waals surface area contributed by atoms with Crippen LogP contribution < -0.4 is 0 Å². The molecule has 3 atom stereocenters. The zero-order chi connectivity index (χ0) is 21.7. The Morgan fingerprint density at radius 2 is 1.97 bits per heavy atom. The summed E-state index contributed by atoms with van der Waals surface area (Å²) < 4.78 is 17.6. The third kappa shape index (κ3) is 5.99. The summed E-state index contributed by atoms with van der Waals surface area (Å²) in [5, 5.41) is 0. The number of piperidine rings is 1. The van der Waals surface area contributed by atoms with E-state index in [1.165, 1.54) is 6.42 Å². The molecule has 4 fully saturated rings. The van der Waals surface area contributed by atoms with E-state index in [-0.39, 0.29) is 5.79 Å². The molecule has 0 aromatic heterocycles. The number of ether oxygens (including phenoxy) is 3. The molecule has 3 aliphatic heterocycles. The molecule has 0 N–H and O–H groups in total. The second-order valence-corrected chi connectivity index (χ2v) is 10.1. The normalized spacial score (nSPS) is 32.0. The highest BCUT2D eigenvalue weighted by molar-refractivity contribution is 5.76. The fourth-order valence-electron chi connectivity index (χ4n) is 6.22. The van der Waals surface area contributed by atoms with Crippen molar-refractivity contribution in [2.75, 3.05) is 72.7 Å². The minimum atomic E-state index is -0.335. The van der Waals surface area contributed by atoms with Crippen LogP contribution in [0.3, 0.4) is 0 Å². The van der Waals surface area contributed by atoms with Gasteiger partial charge in [0.2, 0.25) is 5.91 Å². The first-order valence-electron chi connectivity index (χ1n) is 12.6. The Morgan fingerprint density at radius 1 is 1.13 bits per heavy atom. The summed E-state index contributed by atoms with van der Waals surface area (Å²) in [6.07, 6.45) is 7.22. The zero-order valence-corrected chi connectivity index (χ0v) is 19.7. The molecule has 1 saturated carbocycles. The maximum atomic E-state index is 13.0.